The van der Waals surface area contributed by atoms with Gasteiger partial charge >= 0.3 is 0 Å². The Morgan fingerprint density at radius 2 is 1.29 bits per heavy atom. The van der Waals surface area contributed by atoms with Crippen molar-refractivity contribution in [2.45, 2.75) is 0 Å². The van der Waals surface area contributed by atoms with E-state index in [1.54, 1.807) is 0 Å². The lowest BCUT2D eigenvalue weighted by Gasteiger charge is -2.07. The average molecular weight is 486 g/mol. The Hall–Kier alpha value is 0.160. The van der Waals surface area contributed by atoms with Crippen molar-refractivity contribution in [3.05, 3.63) is 54.3 Å². The van der Waals surface area contributed by atoms with Gasteiger partial charge < -0.3 is 4.74 Å². The van der Waals surface area contributed by atoms with Crippen LogP contribution in [0.5, 0.6) is 11.5 Å². The van der Waals surface area contributed by atoms with Crippen LogP contribution in [0, 0.1) is 0 Å². The molecule has 0 amide bonds. The van der Waals surface area contributed by atoms with Crippen LogP contribution in [0.4, 0.5) is 0 Å². The fourth-order valence-electron chi connectivity index (χ4n) is 1.26. The van der Waals surface area contributed by atoms with Crippen LogP contribution in [0.15, 0.2) is 54.3 Å². The molecule has 0 radical (unpaired) electrons. The van der Waals surface area contributed by atoms with Crippen LogP contribution in [0.1, 0.15) is 0 Å². The lowest BCUT2D eigenvalue weighted by atomic mass is 10.3. The highest BCUT2D eigenvalue weighted by atomic mass is 79.9. The van der Waals surface area contributed by atoms with Gasteiger partial charge in [-0.15, -0.1) is 0 Å². The van der Waals surface area contributed by atoms with E-state index in [2.05, 4.69) is 63.7 Å². The number of ether oxygens (including phenoxy) is 1. The van der Waals surface area contributed by atoms with Crippen LogP contribution in [-0.2, 0) is 0 Å². The monoisotopic (exact) mass is 482 g/mol. The van der Waals surface area contributed by atoms with Crippen molar-refractivity contribution in [2.75, 3.05) is 0 Å². The molecule has 0 aromatic heterocycles. The largest absolute Gasteiger partial charge is 0.457 e. The van der Waals surface area contributed by atoms with E-state index in [9.17, 15) is 0 Å². The van der Waals surface area contributed by atoms with Gasteiger partial charge in [0.25, 0.3) is 0 Å². The summed E-state index contributed by atoms with van der Waals surface area (Å²) in [5, 5.41) is 0. The lowest BCUT2D eigenvalue weighted by Crippen LogP contribution is -1.85. The fourth-order valence-corrected chi connectivity index (χ4v) is 3.12. The van der Waals surface area contributed by atoms with Crippen molar-refractivity contribution in [1.29, 1.82) is 0 Å². The molecule has 2 aromatic carbocycles. The smallest absolute Gasteiger partial charge is 0.129 e. The minimum atomic E-state index is 0.778. The highest BCUT2D eigenvalue weighted by Crippen LogP contribution is 2.32. The van der Waals surface area contributed by atoms with Crippen LogP contribution in [0.2, 0.25) is 0 Å². The molecule has 0 aliphatic rings. The molecular weight excluding hydrogens is 480 g/mol. The van der Waals surface area contributed by atoms with E-state index in [1.807, 2.05) is 36.4 Å². The Bertz CT molecular complexity index is 534. The molecule has 0 atom stereocenters. The molecule has 0 saturated heterocycles. The van der Waals surface area contributed by atoms with Crippen LogP contribution in [-0.4, -0.2) is 0 Å². The summed E-state index contributed by atoms with van der Waals surface area (Å²) in [6, 6.07) is 11.6. The van der Waals surface area contributed by atoms with Crippen LogP contribution >= 0.6 is 63.7 Å². The van der Waals surface area contributed by atoms with Crippen molar-refractivity contribution < 1.29 is 4.74 Å². The van der Waals surface area contributed by atoms with E-state index in [-0.39, 0.29) is 0 Å². The molecule has 0 fully saturated rings. The summed E-state index contributed by atoms with van der Waals surface area (Å²) in [5.74, 6) is 1.56. The molecule has 0 saturated carbocycles. The van der Waals surface area contributed by atoms with Crippen LogP contribution in [0.25, 0.3) is 0 Å². The molecule has 1 nitrogen and oxygen atoms in total. The quantitative estimate of drug-likeness (QED) is 0.470. The zero-order valence-corrected chi connectivity index (χ0v) is 14.7. The van der Waals surface area contributed by atoms with Crippen LogP contribution < -0.4 is 4.74 Å². The van der Waals surface area contributed by atoms with Crippen LogP contribution in [0.3, 0.4) is 0 Å². The van der Waals surface area contributed by atoms with Gasteiger partial charge in [-0.1, -0.05) is 31.9 Å². The first-order valence-electron chi connectivity index (χ1n) is 4.63. The molecule has 0 aliphatic heterocycles. The van der Waals surface area contributed by atoms with Gasteiger partial charge in [-0.25, -0.2) is 0 Å². The normalized spacial score (nSPS) is 10.4. The highest BCUT2D eigenvalue weighted by Gasteiger charge is 2.03. The first-order valence-corrected chi connectivity index (χ1v) is 7.81. The third kappa shape index (κ3) is 3.81. The van der Waals surface area contributed by atoms with Gasteiger partial charge in [-0.05, 0) is 68.3 Å². The van der Waals surface area contributed by atoms with Crippen molar-refractivity contribution in [1.82, 2.24) is 0 Å². The van der Waals surface area contributed by atoms with E-state index < -0.39 is 0 Å². The van der Waals surface area contributed by atoms with Gasteiger partial charge in [-0.3, -0.25) is 0 Å². The maximum absolute atomic E-state index is 5.76. The minimum Gasteiger partial charge on any atom is -0.457 e. The second-order valence-electron chi connectivity index (χ2n) is 3.28. The maximum atomic E-state index is 5.76. The van der Waals surface area contributed by atoms with Gasteiger partial charge in [0.15, 0.2) is 0 Å². The summed E-state index contributed by atoms with van der Waals surface area (Å²) in [6.45, 7) is 0. The van der Waals surface area contributed by atoms with Crippen molar-refractivity contribution >= 4 is 63.7 Å². The second-order valence-corrected chi connectivity index (χ2v) is 6.82. The number of halogens is 4. The Morgan fingerprint density at radius 1 is 0.647 bits per heavy atom. The molecule has 0 heterocycles. The summed E-state index contributed by atoms with van der Waals surface area (Å²) in [5.41, 5.74) is 0. The van der Waals surface area contributed by atoms with Gasteiger partial charge in [0, 0.05) is 17.9 Å². The second kappa shape index (κ2) is 5.87. The number of rotatable bonds is 2. The zero-order valence-electron chi connectivity index (χ0n) is 8.38. The van der Waals surface area contributed by atoms with Gasteiger partial charge in [-0.2, -0.15) is 0 Å². The zero-order chi connectivity index (χ0) is 12.4. The Labute approximate surface area is 133 Å². The molecule has 5 heteroatoms. The molecule has 2 aromatic rings. The van der Waals surface area contributed by atoms with Crippen molar-refractivity contribution in [2.24, 2.45) is 0 Å². The van der Waals surface area contributed by atoms with E-state index in [0.717, 1.165) is 29.4 Å². The third-order valence-corrected chi connectivity index (χ3v) is 4.76. The van der Waals surface area contributed by atoms with Gasteiger partial charge in [0.1, 0.15) is 11.5 Å². The molecule has 0 spiro atoms. The predicted molar refractivity (Wildman–Crippen MR) is 83.8 cm³/mol. The highest BCUT2D eigenvalue weighted by molar-refractivity contribution is 9.13. The van der Waals surface area contributed by atoms with Gasteiger partial charge in [0.2, 0.25) is 0 Å². The molecule has 0 unspecified atom stereocenters. The summed E-state index contributed by atoms with van der Waals surface area (Å²) >= 11 is 13.7. The number of hydrogen-bond acceptors (Lipinski definition) is 1. The predicted octanol–water partition coefficient (Wildman–Crippen LogP) is 6.53. The molecule has 88 valence electrons. The number of hydrogen-bond donors (Lipinski definition) is 0. The molecular formula is C12H6Br4O. The maximum Gasteiger partial charge on any atom is 0.129 e. The van der Waals surface area contributed by atoms with E-state index in [0.29, 0.717) is 0 Å². The molecule has 0 aliphatic carbocycles. The Morgan fingerprint density at radius 3 is 1.88 bits per heavy atom. The molecule has 0 bridgehead atoms. The third-order valence-electron chi connectivity index (χ3n) is 1.96. The first-order chi connectivity index (χ1) is 8.04. The van der Waals surface area contributed by atoms with E-state index >= 15 is 0 Å². The lowest BCUT2D eigenvalue weighted by molar-refractivity contribution is 0.481. The Kier molecular flexibility index (Phi) is 4.69. The molecule has 0 N–H and O–H groups in total. The molecule has 2 rings (SSSR count). The summed E-state index contributed by atoms with van der Waals surface area (Å²) < 4.78 is 9.67. The van der Waals surface area contributed by atoms with Crippen molar-refractivity contribution in [3.63, 3.8) is 0 Å². The number of benzene rings is 2. The topological polar surface area (TPSA) is 9.23 Å². The van der Waals surface area contributed by atoms with E-state index in [4.69, 9.17) is 4.74 Å². The Balaban J connectivity index is 2.28. The summed E-state index contributed by atoms with van der Waals surface area (Å²) in [7, 11) is 0. The minimum absolute atomic E-state index is 0.778. The SMILES string of the molecule is Brc1cc(Br)cc(Oc2ccc(Br)c(Br)c2)c1. The standard InChI is InChI=1S/C12H6Br4O/c13-7-3-8(14)5-10(4-7)17-9-1-2-11(15)12(16)6-9/h1-6H. The first kappa shape index (κ1) is 13.6. The molecule has 17 heavy (non-hydrogen) atoms. The van der Waals surface area contributed by atoms with Gasteiger partial charge in [0.05, 0.1) is 0 Å². The fraction of sp³-hybridized carbons (Fsp3) is 0. The van der Waals surface area contributed by atoms with E-state index in [1.165, 1.54) is 0 Å². The average Bonchev–Trinajstić information content (AvgIpc) is 2.22. The summed E-state index contributed by atoms with van der Waals surface area (Å²) in [4.78, 5) is 0. The summed E-state index contributed by atoms with van der Waals surface area (Å²) in [6.07, 6.45) is 0. The van der Waals surface area contributed by atoms with Crippen molar-refractivity contribution in [3.8, 4) is 11.5 Å².